The molecule has 0 bridgehead atoms. The number of hydrogen-bond acceptors (Lipinski definition) is 2. The van der Waals surface area contributed by atoms with Gasteiger partial charge in [0.1, 0.15) is 11.0 Å². The molecule has 2 nitrogen and oxygen atoms in total. The van der Waals surface area contributed by atoms with Gasteiger partial charge in [0, 0.05) is 11.5 Å². The molecule has 0 saturated carbocycles. The van der Waals surface area contributed by atoms with E-state index >= 15 is 0 Å². The predicted molar refractivity (Wildman–Crippen MR) is 69.9 cm³/mol. The molecule has 0 amide bonds. The van der Waals surface area contributed by atoms with Crippen molar-refractivity contribution in [2.75, 3.05) is 0 Å². The fraction of sp³-hybridized carbons (Fsp3) is 0. The zero-order valence-corrected chi connectivity index (χ0v) is 10.6. The van der Waals surface area contributed by atoms with Crippen LogP contribution in [0.4, 0.5) is 13.2 Å². The van der Waals surface area contributed by atoms with Gasteiger partial charge in [-0.25, -0.2) is 23.1 Å². The molecule has 0 unspecified atom stereocenters. The highest BCUT2D eigenvalue weighted by Crippen LogP contribution is 2.27. The highest BCUT2D eigenvalue weighted by molar-refractivity contribution is 6.34. The Morgan fingerprint density at radius 2 is 1.75 bits per heavy atom. The Morgan fingerprint density at radius 3 is 2.55 bits per heavy atom. The molecule has 6 heteroatoms. The molecule has 0 radical (unpaired) electrons. The molecular formula is C14H6ClF3N2. The average molecular weight is 295 g/mol. The van der Waals surface area contributed by atoms with E-state index < -0.39 is 17.5 Å². The molecule has 0 spiro atoms. The fourth-order valence-electron chi connectivity index (χ4n) is 1.86. The van der Waals surface area contributed by atoms with Crippen molar-refractivity contribution in [3.05, 3.63) is 59.0 Å². The minimum Gasteiger partial charge on any atom is -0.228 e. The van der Waals surface area contributed by atoms with Crippen molar-refractivity contribution < 1.29 is 13.2 Å². The summed E-state index contributed by atoms with van der Waals surface area (Å²) >= 11 is 5.97. The summed E-state index contributed by atoms with van der Waals surface area (Å²) in [5.74, 6) is -2.68. The summed E-state index contributed by atoms with van der Waals surface area (Å²) in [6, 6.07) is 7.46. The van der Waals surface area contributed by atoms with E-state index in [1.807, 2.05) is 0 Å². The van der Waals surface area contributed by atoms with Crippen LogP contribution >= 0.6 is 11.6 Å². The van der Waals surface area contributed by atoms with Gasteiger partial charge in [-0.2, -0.15) is 0 Å². The van der Waals surface area contributed by atoms with Crippen molar-refractivity contribution in [3.63, 3.8) is 0 Å². The van der Waals surface area contributed by atoms with E-state index in [4.69, 9.17) is 11.6 Å². The van der Waals surface area contributed by atoms with Crippen molar-refractivity contribution in [2.45, 2.75) is 0 Å². The van der Waals surface area contributed by atoms with Gasteiger partial charge >= 0.3 is 0 Å². The lowest BCUT2D eigenvalue weighted by Crippen LogP contribution is -1.96. The van der Waals surface area contributed by atoms with E-state index in [0.717, 1.165) is 12.1 Å². The number of nitrogens with zero attached hydrogens (tertiary/aromatic N) is 2. The topological polar surface area (TPSA) is 25.8 Å². The molecule has 1 aromatic heterocycles. The molecule has 0 N–H and O–H groups in total. The highest BCUT2D eigenvalue weighted by Gasteiger charge is 2.14. The Morgan fingerprint density at radius 1 is 0.950 bits per heavy atom. The van der Waals surface area contributed by atoms with Gasteiger partial charge in [0.05, 0.1) is 11.1 Å². The van der Waals surface area contributed by atoms with Gasteiger partial charge in [0.2, 0.25) is 0 Å². The lowest BCUT2D eigenvalue weighted by Gasteiger charge is -2.06. The van der Waals surface area contributed by atoms with Crippen LogP contribution in [0.1, 0.15) is 0 Å². The molecule has 0 fully saturated rings. The van der Waals surface area contributed by atoms with Crippen LogP contribution in [0, 0.1) is 17.5 Å². The van der Waals surface area contributed by atoms with E-state index in [9.17, 15) is 13.2 Å². The standard InChI is InChI=1S/C14H6ClF3N2/c15-13-8-5-4-7(16)6-11(8)19-14(20-13)9-2-1-3-10(17)12(9)18/h1-6H. The molecule has 0 aliphatic carbocycles. The van der Waals surface area contributed by atoms with Gasteiger partial charge in [-0.05, 0) is 24.3 Å². The number of fused-ring (bicyclic) bond motifs is 1. The van der Waals surface area contributed by atoms with E-state index in [-0.39, 0.29) is 22.1 Å². The smallest absolute Gasteiger partial charge is 0.169 e. The maximum atomic E-state index is 13.7. The third-order valence-electron chi connectivity index (χ3n) is 2.80. The Hall–Kier alpha value is -2.14. The van der Waals surface area contributed by atoms with Gasteiger partial charge in [0.25, 0.3) is 0 Å². The van der Waals surface area contributed by atoms with Gasteiger partial charge in [0.15, 0.2) is 17.5 Å². The minimum absolute atomic E-state index is 0.0497. The number of rotatable bonds is 1. The first-order chi connectivity index (χ1) is 9.56. The van der Waals surface area contributed by atoms with E-state index in [2.05, 4.69) is 9.97 Å². The number of halogens is 4. The average Bonchev–Trinajstić information content (AvgIpc) is 2.41. The molecule has 100 valence electrons. The second-order valence-corrected chi connectivity index (χ2v) is 4.46. The van der Waals surface area contributed by atoms with Crippen LogP contribution < -0.4 is 0 Å². The molecule has 2 aromatic carbocycles. The molecule has 20 heavy (non-hydrogen) atoms. The van der Waals surface area contributed by atoms with Crippen LogP contribution in [-0.2, 0) is 0 Å². The van der Waals surface area contributed by atoms with E-state index in [0.29, 0.717) is 5.39 Å². The Bertz CT molecular complexity index is 821. The van der Waals surface area contributed by atoms with Crippen LogP contribution in [0.3, 0.4) is 0 Å². The van der Waals surface area contributed by atoms with Crippen molar-refractivity contribution >= 4 is 22.5 Å². The molecule has 3 rings (SSSR count). The quantitative estimate of drug-likeness (QED) is 0.623. The first-order valence-corrected chi connectivity index (χ1v) is 6.01. The van der Waals surface area contributed by atoms with Gasteiger partial charge < -0.3 is 0 Å². The van der Waals surface area contributed by atoms with Crippen LogP contribution in [0.2, 0.25) is 5.15 Å². The van der Waals surface area contributed by atoms with Gasteiger partial charge in [-0.1, -0.05) is 17.7 Å². The van der Waals surface area contributed by atoms with Crippen molar-refractivity contribution in [1.29, 1.82) is 0 Å². The lowest BCUT2D eigenvalue weighted by atomic mass is 10.1. The second kappa shape index (κ2) is 4.76. The minimum atomic E-state index is -1.07. The lowest BCUT2D eigenvalue weighted by molar-refractivity contribution is 0.510. The molecule has 1 heterocycles. The molecule has 0 aliphatic heterocycles. The molecule has 0 aliphatic rings. The first kappa shape index (κ1) is 12.9. The van der Waals surface area contributed by atoms with Crippen LogP contribution in [0.5, 0.6) is 0 Å². The van der Waals surface area contributed by atoms with E-state index in [1.165, 1.54) is 24.3 Å². The van der Waals surface area contributed by atoms with Crippen molar-refractivity contribution in [1.82, 2.24) is 9.97 Å². The SMILES string of the molecule is Fc1ccc2c(Cl)nc(-c3cccc(F)c3F)nc2c1. The highest BCUT2D eigenvalue weighted by atomic mass is 35.5. The summed E-state index contributed by atoms with van der Waals surface area (Å²) in [6.45, 7) is 0. The zero-order chi connectivity index (χ0) is 14.3. The summed E-state index contributed by atoms with van der Waals surface area (Å²) in [4.78, 5) is 7.96. The maximum absolute atomic E-state index is 13.7. The van der Waals surface area contributed by atoms with E-state index in [1.54, 1.807) is 0 Å². The summed E-state index contributed by atoms with van der Waals surface area (Å²) < 4.78 is 40.2. The molecule has 0 atom stereocenters. The van der Waals surface area contributed by atoms with Crippen LogP contribution in [-0.4, -0.2) is 9.97 Å². The third-order valence-corrected chi connectivity index (χ3v) is 3.09. The fourth-order valence-corrected chi connectivity index (χ4v) is 2.10. The van der Waals surface area contributed by atoms with Gasteiger partial charge in [-0.3, -0.25) is 0 Å². The molecular weight excluding hydrogens is 289 g/mol. The van der Waals surface area contributed by atoms with Crippen LogP contribution in [0.15, 0.2) is 36.4 Å². The first-order valence-electron chi connectivity index (χ1n) is 5.63. The monoisotopic (exact) mass is 294 g/mol. The molecule has 0 saturated heterocycles. The summed E-state index contributed by atoms with van der Waals surface area (Å²) in [7, 11) is 0. The third kappa shape index (κ3) is 2.10. The summed E-state index contributed by atoms with van der Waals surface area (Å²) in [5.41, 5.74) is 0.0988. The van der Waals surface area contributed by atoms with Crippen molar-refractivity contribution in [3.8, 4) is 11.4 Å². The molecule has 3 aromatic rings. The Labute approximate surface area is 116 Å². The number of benzene rings is 2. The Kier molecular flexibility index (Phi) is 3.06. The zero-order valence-electron chi connectivity index (χ0n) is 9.87. The predicted octanol–water partition coefficient (Wildman–Crippen LogP) is 4.37. The van der Waals surface area contributed by atoms with Crippen LogP contribution in [0.25, 0.3) is 22.3 Å². The number of aromatic nitrogens is 2. The Balaban J connectivity index is 2.29. The summed E-state index contributed by atoms with van der Waals surface area (Å²) in [5, 5.41) is 0.488. The number of hydrogen-bond donors (Lipinski definition) is 0. The normalized spacial score (nSPS) is 11.0. The summed E-state index contributed by atoms with van der Waals surface area (Å²) in [6.07, 6.45) is 0. The maximum Gasteiger partial charge on any atom is 0.169 e. The van der Waals surface area contributed by atoms with Crippen molar-refractivity contribution in [2.24, 2.45) is 0 Å². The largest absolute Gasteiger partial charge is 0.228 e. The second-order valence-electron chi connectivity index (χ2n) is 4.10. The van der Waals surface area contributed by atoms with Gasteiger partial charge in [-0.15, -0.1) is 0 Å².